The van der Waals surface area contributed by atoms with Gasteiger partial charge in [-0.1, -0.05) is 12.1 Å². The van der Waals surface area contributed by atoms with Crippen molar-refractivity contribution in [2.24, 2.45) is 0 Å². The summed E-state index contributed by atoms with van der Waals surface area (Å²) in [7, 11) is 1.63. The van der Waals surface area contributed by atoms with Gasteiger partial charge in [-0.15, -0.1) is 0 Å². The number of nitrogens with one attached hydrogen (secondary N) is 1. The van der Waals surface area contributed by atoms with Gasteiger partial charge in [0.05, 0.1) is 18.5 Å². The minimum absolute atomic E-state index is 0.173. The molecule has 0 aliphatic carbocycles. The summed E-state index contributed by atoms with van der Waals surface area (Å²) in [5, 5.41) is 7.60. The molecule has 3 heterocycles. The van der Waals surface area contributed by atoms with Crippen molar-refractivity contribution in [2.75, 3.05) is 7.11 Å². The fourth-order valence-corrected chi connectivity index (χ4v) is 3.01. The van der Waals surface area contributed by atoms with Crippen molar-refractivity contribution in [3.8, 4) is 28.4 Å². The Morgan fingerprint density at radius 1 is 1.19 bits per heavy atom. The van der Waals surface area contributed by atoms with Gasteiger partial charge in [0.2, 0.25) is 0 Å². The molecule has 0 fully saturated rings. The molecular formula is C19H19N5O2. The van der Waals surface area contributed by atoms with E-state index < -0.39 is 0 Å². The van der Waals surface area contributed by atoms with Crippen LogP contribution in [0.25, 0.3) is 28.3 Å². The maximum Gasteiger partial charge on any atom is 0.273 e. The zero-order valence-electron chi connectivity index (χ0n) is 14.9. The van der Waals surface area contributed by atoms with Gasteiger partial charge < -0.3 is 4.74 Å². The zero-order valence-corrected chi connectivity index (χ0v) is 14.9. The fraction of sp³-hybridized carbons (Fsp3) is 0.211. The van der Waals surface area contributed by atoms with E-state index >= 15 is 0 Å². The topological polar surface area (TPSA) is 77.2 Å². The summed E-state index contributed by atoms with van der Waals surface area (Å²) in [5.41, 5.74) is 4.35. The smallest absolute Gasteiger partial charge is 0.273 e. The Balaban J connectivity index is 1.89. The minimum Gasteiger partial charge on any atom is -0.497 e. The first kappa shape index (κ1) is 16.1. The number of methoxy groups -OCH3 is 1. The van der Waals surface area contributed by atoms with Gasteiger partial charge >= 0.3 is 0 Å². The third kappa shape index (κ3) is 2.57. The summed E-state index contributed by atoms with van der Waals surface area (Å²) >= 11 is 0. The Hall–Kier alpha value is -3.35. The highest BCUT2D eigenvalue weighted by Crippen LogP contribution is 2.27. The third-order valence-corrected chi connectivity index (χ3v) is 4.44. The molecule has 0 unspecified atom stereocenters. The molecule has 7 nitrogen and oxygen atoms in total. The van der Waals surface area contributed by atoms with Gasteiger partial charge in [0.1, 0.15) is 11.4 Å². The first-order valence-corrected chi connectivity index (χ1v) is 8.41. The molecule has 0 saturated carbocycles. The van der Waals surface area contributed by atoms with Gasteiger partial charge in [0.25, 0.3) is 5.56 Å². The molecule has 0 spiro atoms. The number of nitrogens with zero attached hydrogens (tertiary/aromatic N) is 4. The molecule has 26 heavy (non-hydrogen) atoms. The second-order valence-electron chi connectivity index (χ2n) is 6.04. The van der Waals surface area contributed by atoms with E-state index in [9.17, 15) is 4.79 Å². The summed E-state index contributed by atoms with van der Waals surface area (Å²) in [6.45, 7) is 4.73. The average Bonchev–Trinajstić information content (AvgIpc) is 3.27. The van der Waals surface area contributed by atoms with E-state index in [1.54, 1.807) is 7.11 Å². The number of hydrogen-bond donors (Lipinski definition) is 1. The van der Waals surface area contributed by atoms with E-state index in [1.165, 1.54) is 10.6 Å². The molecule has 132 valence electrons. The maximum absolute atomic E-state index is 12.6. The number of benzene rings is 1. The summed E-state index contributed by atoms with van der Waals surface area (Å²) in [6, 6.07) is 11.1. The number of H-pyrrole nitrogens is 1. The van der Waals surface area contributed by atoms with Crippen LogP contribution in [-0.2, 0) is 6.54 Å². The van der Waals surface area contributed by atoms with Crippen molar-refractivity contribution < 1.29 is 4.74 Å². The van der Waals surface area contributed by atoms with Crippen LogP contribution in [0.5, 0.6) is 5.75 Å². The Bertz CT molecular complexity index is 1150. The van der Waals surface area contributed by atoms with Crippen LogP contribution >= 0.6 is 0 Å². The van der Waals surface area contributed by atoms with Crippen LogP contribution in [0.3, 0.4) is 0 Å². The van der Waals surface area contributed by atoms with E-state index in [-0.39, 0.29) is 5.56 Å². The molecule has 4 rings (SSSR count). The number of aryl methyl sites for hydroxylation is 2. The molecule has 0 saturated heterocycles. The molecule has 0 aliphatic rings. The van der Waals surface area contributed by atoms with E-state index in [4.69, 9.17) is 4.74 Å². The standard InChI is InChI=1S/C19H19N5O2/c1-4-23-9-8-15(21-23)16-11-17(25)24-19(20-16)12(2)18(22-24)13-6-5-7-14(10-13)26-3/h5-11,22H,4H2,1-3H3. The Morgan fingerprint density at radius 2 is 2.04 bits per heavy atom. The van der Waals surface area contributed by atoms with Gasteiger partial charge in [-0.25, -0.2) is 9.50 Å². The number of aromatic amines is 1. The van der Waals surface area contributed by atoms with E-state index in [2.05, 4.69) is 15.2 Å². The molecule has 1 N–H and O–H groups in total. The summed E-state index contributed by atoms with van der Waals surface area (Å²) < 4.78 is 8.57. The van der Waals surface area contributed by atoms with E-state index in [0.717, 1.165) is 29.1 Å². The number of hydrogen-bond acceptors (Lipinski definition) is 4. The molecule has 0 aliphatic heterocycles. The van der Waals surface area contributed by atoms with Crippen LogP contribution in [0.2, 0.25) is 0 Å². The monoisotopic (exact) mass is 349 g/mol. The first-order valence-electron chi connectivity index (χ1n) is 8.41. The van der Waals surface area contributed by atoms with Crippen molar-refractivity contribution >= 4 is 5.65 Å². The Kier molecular flexibility index (Phi) is 3.84. The fourth-order valence-electron chi connectivity index (χ4n) is 3.01. The van der Waals surface area contributed by atoms with Gasteiger partial charge in [-0.2, -0.15) is 5.10 Å². The predicted molar refractivity (Wildman–Crippen MR) is 99.4 cm³/mol. The lowest BCUT2D eigenvalue weighted by Crippen LogP contribution is -2.14. The highest BCUT2D eigenvalue weighted by molar-refractivity contribution is 5.72. The summed E-state index contributed by atoms with van der Waals surface area (Å²) in [4.78, 5) is 17.3. The van der Waals surface area contributed by atoms with Crippen molar-refractivity contribution in [2.45, 2.75) is 20.4 Å². The van der Waals surface area contributed by atoms with Crippen molar-refractivity contribution in [1.29, 1.82) is 0 Å². The quantitative estimate of drug-likeness (QED) is 0.614. The van der Waals surface area contributed by atoms with E-state index in [0.29, 0.717) is 17.0 Å². The molecule has 0 bridgehead atoms. The van der Waals surface area contributed by atoms with Gasteiger partial charge in [0, 0.05) is 29.9 Å². The SMILES string of the molecule is CCn1ccc(-c2cc(=O)n3[nH]c(-c4cccc(OC)c4)c(C)c3n2)n1. The molecule has 7 heteroatoms. The second-order valence-corrected chi connectivity index (χ2v) is 6.04. The van der Waals surface area contributed by atoms with Crippen LogP contribution in [0.15, 0.2) is 47.4 Å². The van der Waals surface area contributed by atoms with Crippen molar-refractivity contribution in [1.82, 2.24) is 24.4 Å². The summed E-state index contributed by atoms with van der Waals surface area (Å²) in [6.07, 6.45) is 1.88. The van der Waals surface area contributed by atoms with Crippen LogP contribution < -0.4 is 10.3 Å². The lowest BCUT2D eigenvalue weighted by molar-refractivity contribution is 0.415. The molecule has 0 atom stereocenters. The molecule has 0 radical (unpaired) electrons. The minimum atomic E-state index is -0.173. The lowest BCUT2D eigenvalue weighted by atomic mass is 10.1. The largest absolute Gasteiger partial charge is 0.497 e. The van der Waals surface area contributed by atoms with Gasteiger partial charge in [-0.05, 0) is 32.0 Å². The number of rotatable bonds is 4. The van der Waals surface area contributed by atoms with Crippen LogP contribution in [-0.4, -0.2) is 31.5 Å². The van der Waals surface area contributed by atoms with Crippen LogP contribution in [0, 0.1) is 6.92 Å². The maximum atomic E-state index is 12.6. The summed E-state index contributed by atoms with van der Waals surface area (Å²) in [5.74, 6) is 0.756. The molecule has 3 aromatic heterocycles. The van der Waals surface area contributed by atoms with Crippen LogP contribution in [0.4, 0.5) is 0 Å². The lowest BCUT2D eigenvalue weighted by Gasteiger charge is -2.03. The predicted octanol–water partition coefficient (Wildman–Crippen LogP) is 2.89. The molecule has 1 aromatic carbocycles. The first-order chi connectivity index (χ1) is 12.6. The Morgan fingerprint density at radius 3 is 2.77 bits per heavy atom. The second kappa shape index (κ2) is 6.18. The van der Waals surface area contributed by atoms with Crippen LogP contribution in [0.1, 0.15) is 12.5 Å². The molecular weight excluding hydrogens is 330 g/mol. The average molecular weight is 349 g/mol. The number of aromatic nitrogens is 5. The zero-order chi connectivity index (χ0) is 18.3. The van der Waals surface area contributed by atoms with E-state index in [1.807, 2.05) is 55.1 Å². The Labute approximate surface area is 149 Å². The number of ether oxygens (including phenoxy) is 1. The third-order valence-electron chi connectivity index (χ3n) is 4.44. The van der Waals surface area contributed by atoms with Crippen molar-refractivity contribution in [3.05, 3.63) is 58.5 Å². The highest BCUT2D eigenvalue weighted by Gasteiger charge is 2.15. The number of fused-ring (bicyclic) bond motifs is 1. The van der Waals surface area contributed by atoms with Gasteiger partial charge in [-0.3, -0.25) is 14.6 Å². The van der Waals surface area contributed by atoms with Crippen molar-refractivity contribution in [3.63, 3.8) is 0 Å². The normalized spacial score (nSPS) is 11.2. The highest BCUT2D eigenvalue weighted by atomic mass is 16.5. The molecule has 4 aromatic rings. The van der Waals surface area contributed by atoms with Gasteiger partial charge in [0.15, 0.2) is 5.65 Å². The molecule has 0 amide bonds.